The van der Waals surface area contributed by atoms with Crippen molar-refractivity contribution < 1.29 is 4.74 Å². The van der Waals surface area contributed by atoms with Crippen molar-refractivity contribution in [3.63, 3.8) is 0 Å². The monoisotopic (exact) mass is 568 g/mol. The fraction of sp³-hybridized carbons (Fsp3) is 0.212. The number of likely N-dealkylation sites (tertiary alicyclic amines) is 1. The van der Waals surface area contributed by atoms with E-state index in [1.54, 1.807) is 12.4 Å². The number of nitrogens with one attached hydrogen (secondary N) is 1. The molecule has 0 spiro atoms. The molecule has 3 aromatic carbocycles. The topological polar surface area (TPSA) is 54.0 Å². The molecule has 0 radical (unpaired) electrons. The minimum atomic E-state index is 0.363. The van der Waals surface area contributed by atoms with Crippen LogP contribution in [0, 0.1) is 0 Å². The molecule has 0 unspecified atom stereocenters. The molecule has 6 rings (SSSR count). The summed E-state index contributed by atoms with van der Waals surface area (Å²) in [6.45, 7) is 3.55. The van der Waals surface area contributed by atoms with Crippen LogP contribution in [0.5, 0.6) is 5.75 Å². The van der Waals surface area contributed by atoms with Crippen LogP contribution >= 0.6 is 23.2 Å². The molecular formula is C33H30Cl2N4O. The number of aromatic nitrogens is 3. The number of rotatable bonds is 8. The van der Waals surface area contributed by atoms with Crippen molar-refractivity contribution in [3.05, 3.63) is 124 Å². The first kappa shape index (κ1) is 26.6. The van der Waals surface area contributed by atoms with Crippen LogP contribution in [0.1, 0.15) is 35.7 Å². The van der Waals surface area contributed by atoms with Crippen molar-refractivity contribution in [2.75, 3.05) is 13.1 Å². The minimum Gasteiger partial charge on any atom is -0.489 e. The third kappa shape index (κ3) is 6.23. The van der Waals surface area contributed by atoms with E-state index in [1.165, 1.54) is 11.1 Å². The van der Waals surface area contributed by atoms with Crippen molar-refractivity contribution in [1.82, 2.24) is 19.9 Å². The highest BCUT2D eigenvalue weighted by Crippen LogP contribution is 2.37. The van der Waals surface area contributed by atoms with Crippen LogP contribution in [0.3, 0.4) is 0 Å². The standard InChI is InChI=1S/C33H30Cl2N4O/c34-29-11-8-27(20-30(29)35)32-31(25-12-16-36-17-13-25)37-33(38-32)26-14-18-39(19-15-26)21-23-6-9-28(10-7-23)40-22-24-4-2-1-3-5-24/h1-13,16-17,20,26H,14-15,18-19,21-22H2,(H,37,38). The van der Waals surface area contributed by atoms with Gasteiger partial charge in [-0.15, -0.1) is 0 Å². The molecule has 5 nitrogen and oxygen atoms in total. The van der Waals surface area contributed by atoms with E-state index in [1.807, 2.05) is 48.5 Å². The molecule has 0 aliphatic carbocycles. The van der Waals surface area contributed by atoms with Gasteiger partial charge in [-0.25, -0.2) is 4.98 Å². The average molecular weight is 570 g/mol. The van der Waals surface area contributed by atoms with Crippen molar-refractivity contribution in [2.24, 2.45) is 0 Å². The van der Waals surface area contributed by atoms with Gasteiger partial charge in [0, 0.05) is 36.0 Å². The highest BCUT2D eigenvalue weighted by atomic mass is 35.5. The zero-order valence-electron chi connectivity index (χ0n) is 22.1. The molecule has 0 amide bonds. The van der Waals surface area contributed by atoms with Gasteiger partial charge in [0.15, 0.2) is 0 Å². The number of ether oxygens (including phenoxy) is 1. The maximum Gasteiger partial charge on any atom is 0.119 e. The van der Waals surface area contributed by atoms with Gasteiger partial charge in [-0.05, 0) is 73.5 Å². The van der Waals surface area contributed by atoms with Crippen LogP contribution in [-0.4, -0.2) is 32.9 Å². The van der Waals surface area contributed by atoms with E-state index in [-0.39, 0.29) is 0 Å². The number of piperidine rings is 1. The Bertz CT molecular complexity index is 1550. The summed E-state index contributed by atoms with van der Waals surface area (Å²) >= 11 is 12.5. The summed E-state index contributed by atoms with van der Waals surface area (Å²) < 4.78 is 5.95. The van der Waals surface area contributed by atoms with E-state index in [2.05, 4.69) is 51.3 Å². The van der Waals surface area contributed by atoms with Crippen LogP contribution in [0.25, 0.3) is 22.5 Å². The molecule has 1 N–H and O–H groups in total. The summed E-state index contributed by atoms with van der Waals surface area (Å²) in [5, 5.41) is 1.06. The first-order chi connectivity index (χ1) is 19.6. The summed E-state index contributed by atoms with van der Waals surface area (Å²) in [7, 11) is 0. The number of imidazole rings is 1. The molecule has 0 atom stereocenters. The second-order valence-corrected chi connectivity index (χ2v) is 11.0. The number of benzene rings is 3. The van der Waals surface area contributed by atoms with Crippen LogP contribution < -0.4 is 4.74 Å². The number of nitrogens with zero attached hydrogens (tertiary/aromatic N) is 3. The van der Waals surface area contributed by atoms with Gasteiger partial charge in [-0.3, -0.25) is 9.88 Å². The predicted octanol–water partition coefficient (Wildman–Crippen LogP) is 8.40. The Hall–Kier alpha value is -3.64. The summed E-state index contributed by atoms with van der Waals surface area (Å²) in [6.07, 6.45) is 5.69. The van der Waals surface area contributed by atoms with Gasteiger partial charge in [0.2, 0.25) is 0 Å². The summed E-state index contributed by atoms with van der Waals surface area (Å²) in [5.74, 6) is 2.28. The number of aromatic amines is 1. The molecule has 0 saturated carbocycles. The summed E-state index contributed by atoms with van der Waals surface area (Å²) in [4.78, 5) is 15.4. The minimum absolute atomic E-state index is 0.363. The van der Waals surface area contributed by atoms with Gasteiger partial charge in [0.25, 0.3) is 0 Å². The molecule has 5 aromatic rings. The molecule has 3 heterocycles. The Balaban J connectivity index is 1.11. The smallest absolute Gasteiger partial charge is 0.119 e. The Morgan fingerprint density at radius 3 is 2.27 bits per heavy atom. The van der Waals surface area contributed by atoms with Crippen molar-refractivity contribution >= 4 is 23.2 Å². The average Bonchev–Trinajstić information content (AvgIpc) is 3.45. The fourth-order valence-electron chi connectivity index (χ4n) is 5.22. The second-order valence-electron chi connectivity index (χ2n) is 10.2. The molecule has 40 heavy (non-hydrogen) atoms. The number of pyridine rings is 1. The largest absolute Gasteiger partial charge is 0.489 e. The molecule has 202 valence electrons. The maximum atomic E-state index is 6.36. The SMILES string of the molecule is Clc1ccc(-c2nc(C3CCN(Cc4ccc(OCc5ccccc5)cc4)CC3)[nH]c2-c2ccncc2)cc1Cl. The highest BCUT2D eigenvalue weighted by Gasteiger charge is 2.25. The third-order valence-electron chi connectivity index (χ3n) is 7.44. The number of H-pyrrole nitrogens is 1. The van der Waals surface area contributed by atoms with Gasteiger partial charge < -0.3 is 9.72 Å². The van der Waals surface area contributed by atoms with Crippen LogP contribution in [-0.2, 0) is 13.2 Å². The Kier molecular flexibility index (Phi) is 8.14. The molecule has 1 fully saturated rings. The van der Waals surface area contributed by atoms with Gasteiger partial charge >= 0.3 is 0 Å². The Labute approximate surface area is 244 Å². The fourth-order valence-corrected chi connectivity index (χ4v) is 5.52. The van der Waals surface area contributed by atoms with Crippen molar-refractivity contribution in [1.29, 1.82) is 0 Å². The van der Waals surface area contributed by atoms with Crippen molar-refractivity contribution in [2.45, 2.75) is 31.9 Å². The molecular weight excluding hydrogens is 539 g/mol. The predicted molar refractivity (Wildman–Crippen MR) is 162 cm³/mol. The van der Waals surface area contributed by atoms with E-state index >= 15 is 0 Å². The lowest BCUT2D eigenvalue weighted by atomic mass is 9.96. The number of halogens is 2. The van der Waals surface area contributed by atoms with E-state index in [9.17, 15) is 0 Å². The Morgan fingerprint density at radius 2 is 1.55 bits per heavy atom. The van der Waals surface area contributed by atoms with E-state index in [0.29, 0.717) is 22.6 Å². The van der Waals surface area contributed by atoms with Crippen molar-refractivity contribution in [3.8, 4) is 28.3 Å². The normalized spacial score (nSPS) is 14.3. The van der Waals surface area contributed by atoms with Crippen LogP contribution in [0.2, 0.25) is 10.0 Å². The Morgan fingerprint density at radius 1 is 0.800 bits per heavy atom. The quantitative estimate of drug-likeness (QED) is 0.204. The molecule has 1 aliphatic heterocycles. The van der Waals surface area contributed by atoms with Gasteiger partial charge in [0.05, 0.1) is 21.4 Å². The summed E-state index contributed by atoms with van der Waals surface area (Å²) in [6, 6.07) is 28.4. The van der Waals surface area contributed by atoms with E-state index < -0.39 is 0 Å². The second kappa shape index (κ2) is 12.3. The zero-order chi connectivity index (χ0) is 27.3. The molecule has 1 aliphatic rings. The maximum absolute atomic E-state index is 6.36. The summed E-state index contributed by atoms with van der Waals surface area (Å²) in [5.41, 5.74) is 6.32. The zero-order valence-corrected chi connectivity index (χ0v) is 23.6. The third-order valence-corrected chi connectivity index (χ3v) is 8.18. The molecule has 7 heteroatoms. The lowest BCUT2D eigenvalue weighted by Gasteiger charge is -2.31. The lowest BCUT2D eigenvalue weighted by molar-refractivity contribution is 0.202. The van der Waals surface area contributed by atoms with E-state index in [4.69, 9.17) is 32.9 Å². The first-order valence-corrected chi connectivity index (χ1v) is 14.3. The van der Waals surface area contributed by atoms with Crippen LogP contribution in [0.4, 0.5) is 0 Å². The molecule has 2 aromatic heterocycles. The molecule has 1 saturated heterocycles. The van der Waals surface area contributed by atoms with Gasteiger partial charge in [-0.1, -0.05) is 71.7 Å². The highest BCUT2D eigenvalue weighted by molar-refractivity contribution is 6.42. The first-order valence-electron chi connectivity index (χ1n) is 13.6. The number of hydrogen-bond acceptors (Lipinski definition) is 4. The van der Waals surface area contributed by atoms with Gasteiger partial charge in [-0.2, -0.15) is 0 Å². The molecule has 0 bridgehead atoms. The lowest BCUT2D eigenvalue weighted by Crippen LogP contribution is -2.32. The van der Waals surface area contributed by atoms with E-state index in [0.717, 1.165) is 66.6 Å². The van der Waals surface area contributed by atoms with Gasteiger partial charge in [0.1, 0.15) is 18.2 Å². The number of hydrogen-bond donors (Lipinski definition) is 1. The van der Waals surface area contributed by atoms with Crippen LogP contribution in [0.15, 0.2) is 97.3 Å².